The molecule has 1 heterocycles. The molecule has 0 saturated heterocycles. The van der Waals surface area contributed by atoms with E-state index in [0.717, 1.165) is 4.47 Å². The molecule has 2 aromatic carbocycles. The average molecular weight is 437 g/mol. The Morgan fingerprint density at radius 3 is 2.54 bits per heavy atom. The predicted molar refractivity (Wildman–Crippen MR) is 100 cm³/mol. The second kappa shape index (κ2) is 7.43. The third-order valence-corrected chi connectivity index (χ3v) is 5.69. The summed E-state index contributed by atoms with van der Waals surface area (Å²) in [6.07, 6.45) is 1.54. The van der Waals surface area contributed by atoms with E-state index in [2.05, 4.69) is 32.8 Å². The van der Waals surface area contributed by atoms with Crippen molar-refractivity contribution < 1.29 is 17.2 Å². The monoisotopic (exact) mass is 436 g/mol. The molecule has 1 N–H and O–H groups in total. The zero-order chi connectivity index (χ0) is 18.7. The number of oxazole rings is 1. The molecule has 0 aliphatic rings. The topological polar surface area (TPSA) is 72.2 Å². The van der Waals surface area contributed by atoms with Crippen molar-refractivity contribution in [3.8, 4) is 11.5 Å². The van der Waals surface area contributed by atoms with Crippen LogP contribution in [0.15, 0.2) is 80.0 Å². The van der Waals surface area contributed by atoms with Gasteiger partial charge in [-0.15, -0.1) is 6.58 Å². The van der Waals surface area contributed by atoms with Crippen molar-refractivity contribution in [3.05, 3.63) is 71.5 Å². The summed E-state index contributed by atoms with van der Waals surface area (Å²) in [5.74, 6) is -0.743. The summed E-state index contributed by atoms with van der Waals surface area (Å²) in [6, 6.07) is 12.0. The number of halogens is 2. The van der Waals surface area contributed by atoms with E-state index < -0.39 is 15.7 Å². The van der Waals surface area contributed by atoms with Gasteiger partial charge in [-0.2, -0.15) is 4.98 Å². The first-order valence-electron chi connectivity index (χ1n) is 7.54. The fourth-order valence-electron chi connectivity index (χ4n) is 2.24. The first-order chi connectivity index (χ1) is 12.4. The third-order valence-electron chi connectivity index (χ3n) is 3.49. The van der Waals surface area contributed by atoms with Gasteiger partial charge in [0.1, 0.15) is 5.82 Å². The fraction of sp³-hybridized carbons (Fsp3) is 0.0556. The molecule has 0 bridgehead atoms. The number of anilines is 1. The highest BCUT2D eigenvalue weighted by Crippen LogP contribution is 2.33. The Labute approximate surface area is 158 Å². The number of nitrogens with zero attached hydrogens (tertiary/aromatic N) is 1. The largest absolute Gasteiger partial charge is 0.419 e. The van der Waals surface area contributed by atoms with Gasteiger partial charge in [-0.05, 0) is 36.4 Å². The van der Waals surface area contributed by atoms with Crippen molar-refractivity contribution >= 4 is 31.7 Å². The van der Waals surface area contributed by atoms with Crippen LogP contribution >= 0.6 is 15.9 Å². The first kappa shape index (κ1) is 18.3. The maximum Gasteiger partial charge on any atom is 0.234 e. The molecule has 0 saturated carbocycles. The Bertz CT molecular complexity index is 1050. The SMILES string of the molecule is C=CCNc1oc(-c2ccccc2F)nc1S(=O)(=O)c1ccc(Br)cc1. The molecular formula is C18H14BrFN2O3S. The summed E-state index contributed by atoms with van der Waals surface area (Å²) < 4.78 is 46.2. The summed E-state index contributed by atoms with van der Waals surface area (Å²) in [5.41, 5.74) is 0.0754. The van der Waals surface area contributed by atoms with Gasteiger partial charge >= 0.3 is 0 Å². The molecule has 3 rings (SSSR count). The van der Waals surface area contributed by atoms with Gasteiger partial charge in [0.05, 0.1) is 10.5 Å². The number of hydrogen-bond donors (Lipinski definition) is 1. The second-order valence-electron chi connectivity index (χ2n) is 5.26. The van der Waals surface area contributed by atoms with Crippen molar-refractivity contribution in [2.45, 2.75) is 9.92 Å². The van der Waals surface area contributed by atoms with Crippen LogP contribution in [0.4, 0.5) is 10.3 Å². The first-order valence-corrected chi connectivity index (χ1v) is 9.82. The zero-order valence-electron chi connectivity index (χ0n) is 13.4. The molecule has 5 nitrogen and oxygen atoms in total. The zero-order valence-corrected chi connectivity index (χ0v) is 15.8. The van der Waals surface area contributed by atoms with Crippen LogP contribution in [0.1, 0.15) is 0 Å². The third kappa shape index (κ3) is 3.56. The highest BCUT2D eigenvalue weighted by Gasteiger charge is 2.29. The predicted octanol–water partition coefficient (Wildman–Crippen LogP) is 4.67. The standard InChI is InChI=1S/C18H14BrFN2O3S/c1-2-11-21-17-18(26(23,24)13-9-7-12(19)8-10-13)22-16(25-17)14-5-3-4-6-15(14)20/h2-10,21H,1,11H2. The maximum atomic E-state index is 14.0. The molecule has 0 atom stereocenters. The van der Waals surface area contributed by atoms with Gasteiger partial charge in [0.2, 0.25) is 26.6 Å². The number of hydrogen-bond acceptors (Lipinski definition) is 5. The number of aromatic nitrogens is 1. The number of sulfone groups is 1. The van der Waals surface area contributed by atoms with Gasteiger partial charge in [0.25, 0.3) is 0 Å². The van der Waals surface area contributed by atoms with Crippen molar-refractivity contribution in [1.29, 1.82) is 0 Å². The van der Waals surface area contributed by atoms with E-state index in [4.69, 9.17) is 4.42 Å². The van der Waals surface area contributed by atoms with Crippen molar-refractivity contribution in [3.63, 3.8) is 0 Å². The highest BCUT2D eigenvalue weighted by molar-refractivity contribution is 9.10. The summed E-state index contributed by atoms with van der Waals surface area (Å²) in [6.45, 7) is 3.83. The molecule has 8 heteroatoms. The number of rotatable bonds is 6. The van der Waals surface area contributed by atoms with Gasteiger partial charge in [-0.3, -0.25) is 0 Å². The molecule has 26 heavy (non-hydrogen) atoms. The molecule has 0 spiro atoms. The Morgan fingerprint density at radius 2 is 1.88 bits per heavy atom. The lowest BCUT2D eigenvalue weighted by atomic mass is 10.2. The lowest BCUT2D eigenvalue weighted by molar-refractivity contribution is 0.569. The van der Waals surface area contributed by atoms with Crippen LogP contribution in [-0.2, 0) is 9.84 Å². The minimum absolute atomic E-state index is 0.0516. The van der Waals surface area contributed by atoms with Crippen LogP contribution in [0, 0.1) is 5.82 Å². The summed E-state index contributed by atoms with van der Waals surface area (Å²) in [5, 5.41) is 2.50. The van der Waals surface area contributed by atoms with E-state index in [0.29, 0.717) is 0 Å². The van der Waals surface area contributed by atoms with Gasteiger partial charge in [-0.25, -0.2) is 12.8 Å². The molecule has 0 amide bonds. The van der Waals surface area contributed by atoms with E-state index in [1.165, 1.54) is 30.3 Å². The van der Waals surface area contributed by atoms with Gasteiger partial charge < -0.3 is 9.73 Å². The molecule has 0 fully saturated rings. The average Bonchev–Trinajstić information content (AvgIpc) is 3.05. The van der Waals surface area contributed by atoms with Gasteiger partial charge in [0.15, 0.2) is 0 Å². The lowest BCUT2D eigenvalue weighted by Crippen LogP contribution is -2.07. The quantitative estimate of drug-likeness (QED) is 0.568. The molecule has 0 aliphatic heterocycles. The van der Waals surface area contributed by atoms with E-state index in [1.807, 2.05) is 0 Å². The van der Waals surface area contributed by atoms with Crippen LogP contribution in [0.25, 0.3) is 11.5 Å². The lowest BCUT2D eigenvalue weighted by Gasteiger charge is -2.04. The van der Waals surface area contributed by atoms with Crippen molar-refractivity contribution in [2.24, 2.45) is 0 Å². The Hall–Kier alpha value is -2.45. The second-order valence-corrected chi connectivity index (χ2v) is 8.04. The van der Waals surface area contributed by atoms with Crippen LogP contribution in [0.5, 0.6) is 0 Å². The summed E-state index contributed by atoms with van der Waals surface area (Å²) >= 11 is 3.27. The molecular weight excluding hydrogens is 423 g/mol. The van der Waals surface area contributed by atoms with Crippen molar-refractivity contribution in [2.75, 3.05) is 11.9 Å². The smallest absolute Gasteiger partial charge is 0.234 e. The molecule has 0 aliphatic carbocycles. The Morgan fingerprint density at radius 1 is 1.19 bits per heavy atom. The van der Waals surface area contributed by atoms with E-state index in [-0.39, 0.29) is 33.8 Å². The summed E-state index contributed by atoms with van der Waals surface area (Å²) in [7, 11) is -3.96. The van der Waals surface area contributed by atoms with Crippen LogP contribution in [-0.4, -0.2) is 19.9 Å². The molecule has 0 unspecified atom stereocenters. The minimum Gasteiger partial charge on any atom is -0.419 e. The van der Waals surface area contributed by atoms with E-state index >= 15 is 0 Å². The van der Waals surface area contributed by atoms with E-state index in [1.54, 1.807) is 24.3 Å². The number of nitrogens with one attached hydrogen (secondary N) is 1. The molecule has 0 radical (unpaired) electrons. The Kier molecular flexibility index (Phi) is 5.24. The van der Waals surface area contributed by atoms with Crippen molar-refractivity contribution in [1.82, 2.24) is 4.98 Å². The molecule has 134 valence electrons. The van der Waals surface area contributed by atoms with E-state index in [9.17, 15) is 12.8 Å². The molecule has 3 aromatic rings. The minimum atomic E-state index is -3.96. The van der Waals surface area contributed by atoms with Gasteiger partial charge in [-0.1, -0.05) is 34.1 Å². The van der Waals surface area contributed by atoms with Crippen LogP contribution < -0.4 is 5.32 Å². The molecule has 1 aromatic heterocycles. The Balaban J connectivity index is 2.14. The van der Waals surface area contributed by atoms with Crippen LogP contribution in [0.3, 0.4) is 0 Å². The summed E-state index contributed by atoms with van der Waals surface area (Å²) in [4.78, 5) is 4.11. The fourth-order valence-corrected chi connectivity index (χ4v) is 3.78. The van der Waals surface area contributed by atoms with Crippen LogP contribution in [0.2, 0.25) is 0 Å². The normalized spacial score (nSPS) is 11.3. The number of benzene rings is 2. The van der Waals surface area contributed by atoms with Gasteiger partial charge in [0, 0.05) is 11.0 Å². The maximum absolute atomic E-state index is 14.0. The highest BCUT2D eigenvalue weighted by atomic mass is 79.9.